The number of aromatic nitrogens is 2. The summed E-state index contributed by atoms with van der Waals surface area (Å²) in [4.78, 5) is 0. The van der Waals surface area contributed by atoms with Crippen LogP contribution in [0.15, 0.2) is 54.6 Å². The molecule has 0 unspecified atom stereocenters. The highest BCUT2D eigenvalue weighted by Crippen LogP contribution is 2.18. The Balaban J connectivity index is 1.57. The Morgan fingerprint density at radius 2 is 1.52 bits per heavy atom. The van der Waals surface area contributed by atoms with E-state index in [-0.39, 0.29) is 0 Å². The Bertz CT molecular complexity index is 908. The van der Waals surface area contributed by atoms with Crippen LogP contribution in [0, 0.1) is 13.8 Å². The molecule has 0 amide bonds. The van der Waals surface area contributed by atoms with Crippen LogP contribution in [0.4, 0.5) is 11.4 Å². The van der Waals surface area contributed by atoms with Crippen LogP contribution < -0.4 is 10.6 Å². The van der Waals surface area contributed by atoms with E-state index >= 15 is 0 Å². The fraction of sp³-hybridized carbons (Fsp3) is 0.273. The van der Waals surface area contributed by atoms with Gasteiger partial charge in [0.1, 0.15) is 0 Å². The average Bonchev–Trinajstić information content (AvgIpc) is 2.94. The molecule has 2 aromatic carbocycles. The zero-order valence-electron chi connectivity index (χ0n) is 16.3. The summed E-state index contributed by atoms with van der Waals surface area (Å²) in [5.74, 6) is 0.525. The van der Waals surface area contributed by atoms with Gasteiger partial charge in [-0.05, 0) is 73.4 Å². The van der Waals surface area contributed by atoms with Crippen molar-refractivity contribution in [3.8, 4) is 0 Å². The van der Waals surface area contributed by atoms with Crippen molar-refractivity contribution in [1.29, 1.82) is 0 Å². The van der Waals surface area contributed by atoms with Crippen molar-refractivity contribution in [3.63, 3.8) is 0 Å². The molecule has 0 fully saturated rings. The molecule has 27 heavy (non-hydrogen) atoms. The van der Waals surface area contributed by atoms with Gasteiger partial charge in [-0.2, -0.15) is 5.10 Å². The lowest BCUT2D eigenvalue weighted by atomic mass is 10.0. The van der Waals surface area contributed by atoms with Gasteiger partial charge in [0.15, 0.2) is 5.11 Å². The normalized spacial score (nSPS) is 10.9. The number of hydrogen-bond acceptors (Lipinski definition) is 2. The largest absolute Gasteiger partial charge is 0.332 e. The van der Waals surface area contributed by atoms with Gasteiger partial charge in [-0.15, -0.1) is 0 Å². The number of hydrogen-bond donors (Lipinski definition) is 2. The zero-order chi connectivity index (χ0) is 19.4. The van der Waals surface area contributed by atoms with E-state index in [0.717, 1.165) is 23.6 Å². The number of benzene rings is 2. The molecule has 1 aromatic heterocycles. The minimum absolute atomic E-state index is 0.525. The summed E-state index contributed by atoms with van der Waals surface area (Å²) < 4.78 is 2.02. The third-order valence-electron chi connectivity index (χ3n) is 4.48. The predicted octanol–water partition coefficient (Wildman–Crippen LogP) is 5.48. The highest BCUT2D eigenvalue weighted by Gasteiger charge is 2.04. The first-order valence-electron chi connectivity index (χ1n) is 9.18. The Hall–Kier alpha value is -2.66. The van der Waals surface area contributed by atoms with Crippen molar-refractivity contribution >= 4 is 28.7 Å². The monoisotopic (exact) mass is 378 g/mol. The third-order valence-corrected chi connectivity index (χ3v) is 4.69. The standard InChI is InChI=1S/C22H26N4S/c1-15(2)19-7-11-21(12-8-19)24-22(27)23-20-9-5-18(6-10-20)14-26-17(4)13-16(3)25-26/h5-13,15H,14H2,1-4H3,(H2,23,24,27). The van der Waals surface area contributed by atoms with Crippen LogP contribution in [-0.2, 0) is 6.54 Å². The first kappa shape index (κ1) is 19.1. The summed E-state index contributed by atoms with van der Waals surface area (Å²) >= 11 is 5.42. The van der Waals surface area contributed by atoms with Crippen LogP contribution >= 0.6 is 12.2 Å². The topological polar surface area (TPSA) is 41.9 Å². The van der Waals surface area contributed by atoms with Crippen LogP contribution in [0.1, 0.15) is 42.3 Å². The van der Waals surface area contributed by atoms with Gasteiger partial charge in [0.2, 0.25) is 0 Å². The lowest BCUT2D eigenvalue weighted by Crippen LogP contribution is -2.19. The van der Waals surface area contributed by atoms with E-state index in [2.05, 4.69) is 79.0 Å². The molecule has 0 bridgehead atoms. The number of thiocarbonyl (C=S) groups is 1. The Kier molecular flexibility index (Phi) is 5.91. The van der Waals surface area contributed by atoms with E-state index in [0.29, 0.717) is 11.0 Å². The van der Waals surface area contributed by atoms with Gasteiger partial charge >= 0.3 is 0 Å². The molecule has 0 saturated heterocycles. The summed E-state index contributed by atoms with van der Waals surface area (Å²) in [6, 6.07) is 18.7. The highest BCUT2D eigenvalue weighted by atomic mass is 32.1. The molecule has 140 valence electrons. The molecule has 3 rings (SSSR count). The molecular formula is C22H26N4S. The first-order valence-corrected chi connectivity index (χ1v) is 9.59. The summed E-state index contributed by atoms with van der Waals surface area (Å²) in [6.07, 6.45) is 0. The van der Waals surface area contributed by atoms with E-state index in [1.54, 1.807) is 0 Å². The van der Waals surface area contributed by atoms with Gasteiger partial charge in [0, 0.05) is 17.1 Å². The molecular weight excluding hydrogens is 352 g/mol. The second-order valence-electron chi connectivity index (χ2n) is 7.14. The maximum absolute atomic E-state index is 5.42. The molecule has 0 saturated carbocycles. The van der Waals surface area contributed by atoms with E-state index in [1.807, 2.05) is 23.7 Å². The Morgan fingerprint density at radius 3 is 2.00 bits per heavy atom. The Labute approximate surface area is 166 Å². The van der Waals surface area contributed by atoms with Crippen LogP contribution in [0.2, 0.25) is 0 Å². The summed E-state index contributed by atoms with van der Waals surface area (Å²) in [5.41, 5.74) is 6.68. The molecule has 0 atom stereocenters. The van der Waals surface area contributed by atoms with Crippen LogP contribution in [0.5, 0.6) is 0 Å². The molecule has 0 spiro atoms. The number of aryl methyl sites for hydroxylation is 2. The van der Waals surface area contributed by atoms with Gasteiger partial charge in [-0.3, -0.25) is 4.68 Å². The molecule has 0 aliphatic rings. The van der Waals surface area contributed by atoms with E-state index < -0.39 is 0 Å². The van der Waals surface area contributed by atoms with Gasteiger partial charge in [-0.1, -0.05) is 38.1 Å². The lowest BCUT2D eigenvalue weighted by Gasteiger charge is -2.12. The summed E-state index contributed by atoms with van der Waals surface area (Å²) in [7, 11) is 0. The van der Waals surface area contributed by atoms with E-state index in [1.165, 1.54) is 16.8 Å². The van der Waals surface area contributed by atoms with Gasteiger partial charge in [0.25, 0.3) is 0 Å². The number of nitrogens with one attached hydrogen (secondary N) is 2. The van der Waals surface area contributed by atoms with Crippen molar-refractivity contribution in [2.45, 2.75) is 40.2 Å². The maximum atomic E-state index is 5.42. The molecule has 0 radical (unpaired) electrons. The average molecular weight is 379 g/mol. The molecule has 4 nitrogen and oxygen atoms in total. The number of anilines is 2. The van der Waals surface area contributed by atoms with Gasteiger partial charge in [-0.25, -0.2) is 0 Å². The molecule has 0 aliphatic carbocycles. The minimum atomic E-state index is 0.525. The maximum Gasteiger partial charge on any atom is 0.175 e. The quantitative estimate of drug-likeness (QED) is 0.577. The minimum Gasteiger partial charge on any atom is -0.332 e. The predicted molar refractivity (Wildman–Crippen MR) is 118 cm³/mol. The second kappa shape index (κ2) is 8.35. The van der Waals surface area contributed by atoms with Crippen molar-refractivity contribution in [3.05, 3.63) is 77.1 Å². The Morgan fingerprint density at radius 1 is 0.963 bits per heavy atom. The number of nitrogens with zero attached hydrogens (tertiary/aromatic N) is 2. The third kappa shape index (κ3) is 5.17. The van der Waals surface area contributed by atoms with E-state index in [9.17, 15) is 0 Å². The van der Waals surface area contributed by atoms with Gasteiger partial charge < -0.3 is 10.6 Å². The fourth-order valence-corrected chi connectivity index (χ4v) is 3.18. The summed E-state index contributed by atoms with van der Waals surface area (Å²) in [6.45, 7) is 9.24. The molecule has 3 aromatic rings. The summed E-state index contributed by atoms with van der Waals surface area (Å²) in [5, 5.41) is 11.6. The zero-order valence-corrected chi connectivity index (χ0v) is 17.1. The van der Waals surface area contributed by atoms with Gasteiger partial charge in [0.05, 0.1) is 12.2 Å². The van der Waals surface area contributed by atoms with Crippen molar-refractivity contribution in [1.82, 2.24) is 9.78 Å². The van der Waals surface area contributed by atoms with Crippen molar-refractivity contribution < 1.29 is 0 Å². The first-order chi connectivity index (χ1) is 12.9. The smallest absolute Gasteiger partial charge is 0.175 e. The second-order valence-corrected chi connectivity index (χ2v) is 7.55. The van der Waals surface area contributed by atoms with Crippen LogP contribution in [-0.4, -0.2) is 14.9 Å². The highest BCUT2D eigenvalue weighted by molar-refractivity contribution is 7.80. The van der Waals surface area contributed by atoms with Crippen molar-refractivity contribution in [2.24, 2.45) is 0 Å². The molecule has 2 N–H and O–H groups in total. The SMILES string of the molecule is Cc1cc(C)n(Cc2ccc(NC(=S)Nc3ccc(C(C)C)cc3)cc2)n1. The molecule has 0 aliphatic heterocycles. The van der Waals surface area contributed by atoms with Crippen LogP contribution in [0.3, 0.4) is 0 Å². The fourth-order valence-electron chi connectivity index (χ4n) is 2.95. The molecule has 1 heterocycles. The van der Waals surface area contributed by atoms with Crippen molar-refractivity contribution in [2.75, 3.05) is 10.6 Å². The number of rotatable bonds is 5. The van der Waals surface area contributed by atoms with Crippen LogP contribution in [0.25, 0.3) is 0 Å². The lowest BCUT2D eigenvalue weighted by molar-refractivity contribution is 0.659. The molecule has 5 heteroatoms. The van der Waals surface area contributed by atoms with E-state index in [4.69, 9.17) is 12.2 Å².